The van der Waals surface area contributed by atoms with Crippen molar-refractivity contribution in [3.8, 4) is 11.4 Å². The van der Waals surface area contributed by atoms with Crippen LogP contribution >= 0.6 is 0 Å². The van der Waals surface area contributed by atoms with Crippen LogP contribution < -0.4 is 5.32 Å². The molecule has 0 saturated carbocycles. The lowest BCUT2D eigenvalue weighted by Crippen LogP contribution is -2.39. The molecule has 0 unspecified atom stereocenters. The molecule has 26 heavy (non-hydrogen) atoms. The molecule has 0 atom stereocenters. The van der Waals surface area contributed by atoms with Gasteiger partial charge in [-0.05, 0) is 13.8 Å². The summed E-state index contributed by atoms with van der Waals surface area (Å²) in [6.07, 6.45) is 1.55. The Morgan fingerprint density at radius 1 is 1.23 bits per heavy atom. The van der Waals surface area contributed by atoms with Gasteiger partial charge in [0.05, 0.1) is 24.5 Å². The lowest BCUT2D eigenvalue weighted by Gasteiger charge is -2.26. The molecule has 0 amide bonds. The van der Waals surface area contributed by atoms with E-state index in [0.29, 0.717) is 5.65 Å². The fourth-order valence-corrected chi connectivity index (χ4v) is 3.35. The fourth-order valence-electron chi connectivity index (χ4n) is 3.35. The quantitative estimate of drug-likeness (QED) is 0.707. The molecular formula is C17H24N8O. The van der Waals surface area contributed by atoms with Gasteiger partial charge in [0.25, 0.3) is 0 Å². The Morgan fingerprint density at radius 2 is 2.04 bits per heavy atom. The smallest absolute Gasteiger partial charge is 0.183 e. The molecule has 4 heterocycles. The molecule has 3 aromatic heterocycles. The summed E-state index contributed by atoms with van der Waals surface area (Å²) in [5, 5.41) is 7.88. The van der Waals surface area contributed by atoms with Crippen LogP contribution in [0.4, 0.5) is 5.82 Å². The molecule has 1 aliphatic heterocycles. The highest BCUT2D eigenvalue weighted by molar-refractivity contribution is 5.85. The van der Waals surface area contributed by atoms with Gasteiger partial charge in [0, 0.05) is 38.9 Å². The number of aromatic nitrogens is 6. The average Bonchev–Trinajstić information content (AvgIpc) is 3.17. The molecule has 9 nitrogen and oxygen atoms in total. The molecule has 0 radical (unpaired) electrons. The van der Waals surface area contributed by atoms with E-state index >= 15 is 0 Å². The van der Waals surface area contributed by atoms with Gasteiger partial charge in [0.1, 0.15) is 17.7 Å². The summed E-state index contributed by atoms with van der Waals surface area (Å²) in [7, 11) is 1.94. The van der Waals surface area contributed by atoms with Crippen LogP contribution in [0.15, 0.2) is 6.33 Å². The molecule has 2 N–H and O–H groups in total. The van der Waals surface area contributed by atoms with Gasteiger partial charge in [0.2, 0.25) is 0 Å². The first-order valence-electron chi connectivity index (χ1n) is 8.88. The molecule has 1 saturated heterocycles. The SMILES string of the molecule is Cc1nn(C)c(C)c1-c1nc2ncnc(NCCN3CCOCC3)c2[nH]1. The van der Waals surface area contributed by atoms with Crippen molar-refractivity contribution in [1.82, 2.24) is 34.6 Å². The molecule has 9 heteroatoms. The Balaban J connectivity index is 1.55. The molecule has 3 aromatic rings. The number of nitrogens with zero attached hydrogens (tertiary/aromatic N) is 6. The predicted octanol–water partition coefficient (Wildman–Crippen LogP) is 1.11. The van der Waals surface area contributed by atoms with E-state index < -0.39 is 0 Å². The summed E-state index contributed by atoms with van der Waals surface area (Å²) in [6.45, 7) is 9.38. The second-order valence-corrected chi connectivity index (χ2v) is 6.56. The van der Waals surface area contributed by atoms with Crippen molar-refractivity contribution < 1.29 is 4.74 Å². The van der Waals surface area contributed by atoms with Gasteiger partial charge in [0.15, 0.2) is 11.5 Å². The number of nitrogens with one attached hydrogen (secondary N) is 2. The summed E-state index contributed by atoms with van der Waals surface area (Å²) in [5.41, 5.74) is 4.51. The van der Waals surface area contributed by atoms with E-state index in [0.717, 1.165) is 73.5 Å². The summed E-state index contributed by atoms with van der Waals surface area (Å²) in [6, 6.07) is 0. The van der Waals surface area contributed by atoms with E-state index in [1.165, 1.54) is 0 Å². The standard InChI is InChI=1S/C17H24N8O/c1-11-13(12(2)24(3)23-11)15-21-14-16(19-10-20-17(14)22-15)18-4-5-25-6-8-26-9-7-25/h10H,4-9H2,1-3H3,(H2,18,19,20,21,22). The zero-order chi connectivity index (χ0) is 18.1. The Hall–Kier alpha value is -2.52. The van der Waals surface area contributed by atoms with E-state index in [1.54, 1.807) is 6.33 Å². The Kier molecular flexibility index (Phi) is 4.56. The van der Waals surface area contributed by atoms with Crippen molar-refractivity contribution in [1.29, 1.82) is 0 Å². The topological polar surface area (TPSA) is 96.8 Å². The van der Waals surface area contributed by atoms with Crippen molar-refractivity contribution in [2.75, 3.05) is 44.7 Å². The zero-order valence-electron chi connectivity index (χ0n) is 15.4. The highest BCUT2D eigenvalue weighted by Gasteiger charge is 2.17. The third-order valence-electron chi connectivity index (χ3n) is 4.86. The molecule has 0 spiro atoms. The van der Waals surface area contributed by atoms with Crippen LogP contribution in [-0.4, -0.2) is 74.0 Å². The highest BCUT2D eigenvalue weighted by Crippen LogP contribution is 2.27. The van der Waals surface area contributed by atoms with Crippen molar-refractivity contribution in [2.45, 2.75) is 13.8 Å². The minimum Gasteiger partial charge on any atom is -0.379 e. The van der Waals surface area contributed by atoms with Crippen LogP contribution in [0.3, 0.4) is 0 Å². The fraction of sp³-hybridized carbons (Fsp3) is 0.529. The van der Waals surface area contributed by atoms with Crippen molar-refractivity contribution in [3.63, 3.8) is 0 Å². The van der Waals surface area contributed by atoms with E-state index in [9.17, 15) is 0 Å². The van der Waals surface area contributed by atoms with Gasteiger partial charge in [-0.25, -0.2) is 15.0 Å². The molecule has 138 valence electrons. The number of H-pyrrole nitrogens is 1. The second kappa shape index (κ2) is 7.00. The Bertz CT molecular complexity index is 909. The maximum Gasteiger partial charge on any atom is 0.183 e. The molecule has 0 aromatic carbocycles. The minimum absolute atomic E-state index is 0.659. The van der Waals surface area contributed by atoms with E-state index in [1.807, 2.05) is 25.6 Å². The number of rotatable bonds is 5. The number of aromatic amines is 1. The summed E-state index contributed by atoms with van der Waals surface area (Å²) < 4.78 is 7.25. The van der Waals surface area contributed by atoms with Crippen LogP contribution in [-0.2, 0) is 11.8 Å². The largest absolute Gasteiger partial charge is 0.379 e. The van der Waals surface area contributed by atoms with Crippen LogP contribution in [0.2, 0.25) is 0 Å². The normalized spacial score (nSPS) is 15.7. The third-order valence-corrected chi connectivity index (χ3v) is 4.86. The summed E-state index contributed by atoms with van der Waals surface area (Å²) >= 11 is 0. The van der Waals surface area contributed by atoms with Gasteiger partial charge < -0.3 is 15.0 Å². The Morgan fingerprint density at radius 3 is 2.77 bits per heavy atom. The maximum absolute atomic E-state index is 5.38. The minimum atomic E-state index is 0.659. The summed E-state index contributed by atoms with van der Waals surface area (Å²) in [4.78, 5) is 19.1. The number of hydrogen-bond donors (Lipinski definition) is 2. The van der Waals surface area contributed by atoms with Gasteiger partial charge in [-0.15, -0.1) is 0 Å². The molecule has 0 bridgehead atoms. The van der Waals surface area contributed by atoms with Crippen LogP contribution in [0, 0.1) is 13.8 Å². The Labute approximate surface area is 151 Å². The van der Waals surface area contributed by atoms with Crippen molar-refractivity contribution in [3.05, 3.63) is 17.7 Å². The number of morpholine rings is 1. The predicted molar refractivity (Wildman–Crippen MR) is 99.1 cm³/mol. The molecule has 1 fully saturated rings. The van der Waals surface area contributed by atoms with E-state index in [-0.39, 0.29) is 0 Å². The van der Waals surface area contributed by atoms with Crippen molar-refractivity contribution >= 4 is 17.0 Å². The van der Waals surface area contributed by atoms with E-state index in [4.69, 9.17) is 4.74 Å². The maximum atomic E-state index is 5.38. The van der Waals surface area contributed by atoms with Gasteiger partial charge in [-0.3, -0.25) is 9.58 Å². The average molecular weight is 356 g/mol. The number of aryl methyl sites for hydroxylation is 2. The second-order valence-electron chi connectivity index (χ2n) is 6.56. The first kappa shape index (κ1) is 16.9. The molecular weight excluding hydrogens is 332 g/mol. The number of hydrogen-bond acceptors (Lipinski definition) is 7. The molecule has 1 aliphatic rings. The lowest BCUT2D eigenvalue weighted by molar-refractivity contribution is 0.0398. The number of anilines is 1. The van der Waals surface area contributed by atoms with Gasteiger partial charge in [-0.2, -0.15) is 5.10 Å². The van der Waals surface area contributed by atoms with Crippen LogP contribution in [0.25, 0.3) is 22.6 Å². The van der Waals surface area contributed by atoms with Crippen LogP contribution in [0.1, 0.15) is 11.4 Å². The van der Waals surface area contributed by atoms with Gasteiger partial charge >= 0.3 is 0 Å². The number of ether oxygens (including phenoxy) is 1. The van der Waals surface area contributed by atoms with E-state index in [2.05, 4.69) is 35.3 Å². The zero-order valence-corrected chi connectivity index (χ0v) is 15.4. The first-order chi connectivity index (χ1) is 12.6. The molecule has 0 aliphatic carbocycles. The monoisotopic (exact) mass is 356 g/mol. The molecule has 4 rings (SSSR count). The number of imidazole rings is 1. The third kappa shape index (κ3) is 3.15. The van der Waals surface area contributed by atoms with Crippen LogP contribution in [0.5, 0.6) is 0 Å². The highest BCUT2D eigenvalue weighted by atomic mass is 16.5. The first-order valence-corrected chi connectivity index (χ1v) is 8.88. The number of fused-ring (bicyclic) bond motifs is 1. The lowest BCUT2D eigenvalue weighted by atomic mass is 10.2. The summed E-state index contributed by atoms with van der Waals surface area (Å²) in [5.74, 6) is 1.56. The van der Waals surface area contributed by atoms with Gasteiger partial charge in [-0.1, -0.05) is 0 Å². The van der Waals surface area contributed by atoms with Crippen molar-refractivity contribution in [2.24, 2.45) is 7.05 Å².